The lowest BCUT2D eigenvalue weighted by Crippen LogP contribution is -2.26. The summed E-state index contributed by atoms with van der Waals surface area (Å²) < 4.78 is 10.4. The highest BCUT2D eigenvalue weighted by Gasteiger charge is 2.19. The van der Waals surface area contributed by atoms with Gasteiger partial charge in [-0.1, -0.05) is 23.3 Å². The lowest BCUT2D eigenvalue weighted by atomic mass is 10.2. The summed E-state index contributed by atoms with van der Waals surface area (Å²) in [4.78, 5) is 18.1. The molecule has 0 saturated carbocycles. The van der Waals surface area contributed by atoms with E-state index >= 15 is 0 Å². The van der Waals surface area contributed by atoms with Gasteiger partial charge in [-0.25, -0.2) is 0 Å². The van der Waals surface area contributed by atoms with E-state index in [1.807, 2.05) is 25.1 Å². The van der Waals surface area contributed by atoms with Gasteiger partial charge in [-0.05, 0) is 18.6 Å². The fourth-order valence-electron chi connectivity index (χ4n) is 2.30. The van der Waals surface area contributed by atoms with Gasteiger partial charge in [0.1, 0.15) is 11.5 Å². The van der Waals surface area contributed by atoms with E-state index in [4.69, 9.17) is 9.05 Å². The summed E-state index contributed by atoms with van der Waals surface area (Å²) in [6, 6.07) is 9.02. The molecule has 3 aromatic heterocycles. The van der Waals surface area contributed by atoms with Gasteiger partial charge in [0, 0.05) is 31.8 Å². The topological polar surface area (TPSA) is 85.3 Å². The molecule has 0 bridgehead atoms. The average molecular weight is 326 g/mol. The summed E-state index contributed by atoms with van der Waals surface area (Å²) in [5.74, 6) is 1.06. The molecule has 7 heteroatoms. The molecular formula is C17H18N4O3. The fraction of sp³-hybridized carbons (Fsp3) is 0.294. The Hall–Kier alpha value is -2.96. The van der Waals surface area contributed by atoms with E-state index in [1.54, 1.807) is 25.4 Å². The van der Waals surface area contributed by atoms with Crippen LogP contribution in [0.3, 0.4) is 0 Å². The van der Waals surface area contributed by atoms with Crippen LogP contribution in [0.5, 0.6) is 0 Å². The zero-order valence-electron chi connectivity index (χ0n) is 13.6. The second-order valence-electron chi connectivity index (χ2n) is 5.48. The van der Waals surface area contributed by atoms with E-state index in [9.17, 15) is 4.79 Å². The molecule has 24 heavy (non-hydrogen) atoms. The van der Waals surface area contributed by atoms with Crippen molar-refractivity contribution in [3.63, 3.8) is 0 Å². The summed E-state index contributed by atoms with van der Waals surface area (Å²) in [6.07, 6.45) is 3.39. The van der Waals surface area contributed by atoms with Crippen LogP contribution in [0.15, 0.2) is 45.6 Å². The Kier molecular flexibility index (Phi) is 4.69. The normalized spacial score (nSPS) is 10.8. The van der Waals surface area contributed by atoms with Gasteiger partial charge in [-0.15, -0.1) is 0 Å². The molecule has 0 radical (unpaired) electrons. The van der Waals surface area contributed by atoms with Crippen LogP contribution in [0, 0.1) is 0 Å². The Morgan fingerprint density at radius 3 is 2.71 bits per heavy atom. The van der Waals surface area contributed by atoms with Crippen molar-refractivity contribution >= 4 is 5.91 Å². The van der Waals surface area contributed by atoms with E-state index < -0.39 is 0 Å². The van der Waals surface area contributed by atoms with Gasteiger partial charge >= 0.3 is 0 Å². The van der Waals surface area contributed by atoms with Gasteiger partial charge in [0.15, 0.2) is 11.5 Å². The second-order valence-corrected chi connectivity index (χ2v) is 5.48. The average Bonchev–Trinajstić information content (AvgIpc) is 3.25. The minimum absolute atomic E-state index is 0.225. The molecule has 0 aliphatic heterocycles. The zero-order valence-corrected chi connectivity index (χ0v) is 13.6. The highest BCUT2D eigenvalue weighted by Crippen LogP contribution is 2.17. The molecule has 0 spiro atoms. The molecular weight excluding hydrogens is 308 g/mol. The number of carbonyl (C=O) groups excluding carboxylic acids is 1. The number of nitrogens with zero attached hydrogens (tertiary/aromatic N) is 4. The first-order chi connectivity index (χ1) is 11.7. The molecule has 124 valence electrons. The van der Waals surface area contributed by atoms with Crippen molar-refractivity contribution in [1.82, 2.24) is 20.2 Å². The first kappa shape index (κ1) is 15.9. The van der Waals surface area contributed by atoms with E-state index in [0.29, 0.717) is 22.9 Å². The molecule has 0 N–H and O–H groups in total. The van der Waals surface area contributed by atoms with Crippen LogP contribution < -0.4 is 0 Å². The monoisotopic (exact) mass is 326 g/mol. The van der Waals surface area contributed by atoms with E-state index in [1.165, 1.54) is 4.90 Å². The predicted octanol–water partition coefficient (Wildman–Crippen LogP) is 2.95. The van der Waals surface area contributed by atoms with Crippen molar-refractivity contribution in [2.24, 2.45) is 0 Å². The van der Waals surface area contributed by atoms with Crippen molar-refractivity contribution in [2.75, 3.05) is 7.05 Å². The third kappa shape index (κ3) is 3.51. The van der Waals surface area contributed by atoms with E-state index in [0.717, 1.165) is 18.5 Å². The molecule has 1 amide bonds. The van der Waals surface area contributed by atoms with E-state index in [2.05, 4.69) is 15.3 Å². The molecule has 0 fully saturated rings. The lowest BCUT2D eigenvalue weighted by molar-refractivity contribution is 0.0762. The summed E-state index contributed by atoms with van der Waals surface area (Å²) >= 11 is 0. The number of carbonyl (C=O) groups is 1. The summed E-state index contributed by atoms with van der Waals surface area (Å²) in [5, 5.41) is 7.82. The van der Waals surface area contributed by atoms with Crippen molar-refractivity contribution in [3.8, 4) is 11.4 Å². The highest BCUT2D eigenvalue weighted by molar-refractivity contribution is 5.92. The van der Waals surface area contributed by atoms with Gasteiger partial charge < -0.3 is 13.9 Å². The Labute approximate surface area is 139 Å². The maximum absolute atomic E-state index is 12.4. The van der Waals surface area contributed by atoms with Crippen LogP contribution in [0.1, 0.15) is 35.4 Å². The third-order valence-corrected chi connectivity index (χ3v) is 3.50. The Bertz CT molecular complexity index is 810. The number of aromatic nitrogens is 3. The molecule has 0 atom stereocenters. The minimum atomic E-state index is -0.225. The number of pyridine rings is 1. The number of aryl methyl sites for hydroxylation is 1. The molecule has 0 aliphatic rings. The molecule has 3 heterocycles. The largest absolute Gasteiger partial charge is 0.361 e. The molecule has 3 rings (SSSR count). The van der Waals surface area contributed by atoms with E-state index in [-0.39, 0.29) is 12.5 Å². The standard InChI is InChI=1S/C17H18N4O3/c1-3-6-12-9-16(20-23-12)17(22)21(2)11-13-10-15(19-24-13)14-7-4-5-8-18-14/h4-5,7-10H,3,6,11H2,1-2H3. The first-order valence-electron chi connectivity index (χ1n) is 7.75. The second kappa shape index (κ2) is 7.08. The molecule has 3 aromatic rings. The van der Waals surface area contributed by atoms with Crippen molar-refractivity contribution in [2.45, 2.75) is 26.3 Å². The molecule has 0 saturated heterocycles. The van der Waals surface area contributed by atoms with Gasteiger partial charge in [0.25, 0.3) is 5.91 Å². The summed E-state index contributed by atoms with van der Waals surface area (Å²) in [5.41, 5.74) is 1.66. The Morgan fingerprint density at radius 2 is 1.96 bits per heavy atom. The SMILES string of the molecule is CCCc1cc(C(=O)N(C)Cc2cc(-c3ccccn3)no2)no1. The maximum atomic E-state index is 12.4. The van der Waals surface area contributed by atoms with Gasteiger partial charge in [-0.2, -0.15) is 0 Å². The number of rotatable bonds is 6. The fourth-order valence-corrected chi connectivity index (χ4v) is 2.30. The number of hydrogen-bond donors (Lipinski definition) is 0. The Balaban J connectivity index is 1.67. The van der Waals surface area contributed by atoms with Gasteiger partial charge in [0.2, 0.25) is 0 Å². The number of amides is 1. The maximum Gasteiger partial charge on any atom is 0.276 e. The summed E-state index contributed by atoms with van der Waals surface area (Å²) in [7, 11) is 1.68. The minimum Gasteiger partial charge on any atom is -0.361 e. The van der Waals surface area contributed by atoms with Crippen molar-refractivity contribution < 1.29 is 13.8 Å². The Morgan fingerprint density at radius 1 is 1.12 bits per heavy atom. The molecule has 0 aliphatic carbocycles. The van der Waals surface area contributed by atoms with Crippen LogP contribution in [-0.4, -0.2) is 33.2 Å². The van der Waals surface area contributed by atoms with Crippen LogP contribution in [0.4, 0.5) is 0 Å². The molecule has 0 aromatic carbocycles. The molecule has 0 unspecified atom stereocenters. The van der Waals surface area contributed by atoms with Gasteiger partial charge in [0.05, 0.1) is 12.2 Å². The van der Waals surface area contributed by atoms with Crippen LogP contribution in [-0.2, 0) is 13.0 Å². The first-order valence-corrected chi connectivity index (χ1v) is 7.75. The molecule has 7 nitrogen and oxygen atoms in total. The number of hydrogen-bond acceptors (Lipinski definition) is 6. The van der Waals surface area contributed by atoms with Crippen LogP contribution in [0.25, 0.3) is 11.4 Å². The quantitative estimate of drug-likeness (QED) is 0.692. The smallest absolute Gasteiger partial charge is 0.276 e. The zero-order chi connectivity index (χ0) is 16.9. The van der Waals surface area contributed by atoms with Crippen LogP contribution in [0.2, 0.25) is 0 Å². The third-order valence-electron chi connectivity index (χ3n) is 3.50. The van der Waals surface area contributed by atoms with Crippen LogP contribution >= 0.6 is 0 Å². The highest BCUT2D eigenvalue weighted by atomic mass is 16.5. The van der Waals surface area contributed by atoms with Crippen molar-refractivity contribution in [3.05, 3.63) is 53.7 Å². The predicted molar refractivity (Wildman–Crippen MR) is 86.0 cm³/mol. The van der Waals surface area contributed by atoms with Gasteiger partial charge in [-0.3, -0.25) is 9.78 Å². The van der Waals surface area contributed by atoms with Crippen molar-refractivity contribution in [1.29, 1.82) is 0 Å². The lowest BCUT2D eigenvalue weighted by Gasteiger charge is -2.12. The summed E-state index contributed by atoms with van der Waals surface area (Å²) in [6.45, 7) is 2.33.